The topological polar surface area (TPSA) is 65.4 Å². The molecule has 1 N–H and O–H groups in total. The zero-order valence-electron chi connectivity index (χ0n) is 15.4. The Morgan fingerprint density at radius 2 is 2.04 bits per heavy atom. The van der Waals surface area contributed by atoms with Gasteiger partial charge in [0.05, 0.1) is 31.6 Å². The molecular weight excluding hydrogens is 318 g/mol. The average Bonchev–Trinajstić information content (AvgIpc) is 3.24. The quantitative estimate of drug-likeness (QED) is 0.904. The molecule has 1 aromatic carbocycles. The molecule has 1 fully saturated rings. The van der Waals surface area contributed by atoms with Crippen LogP contribution in [0.25, 0.3) is 0 Å². The molecule has 6 nitrogen and oxygen atoms in total. The molecule has 0 aliphatic heterocycles. The Morgan fingerprint density at radius 3 is 2.64 bits per heavy atom. The number of ether oxygens (including phenoxy) is 2. The van der Waals surface area contributed by atoms with Gasteiger partial charge in [-0.1, -0.05) is 0 Å². The third-order valence-electron chi connectivity index (χ3n) is 4.50. The molecule has 1 aliphatic rings. The van der Waals surface area contributed by atoms with Crippen LogP contribution in [0.1, 0.15) is 38.7 Å². The lowest BCUT2D eigenvalue weighted by Crippen LogP contribution is -2.22. The molecule has 0 saturated heterocycles. The van der Waals surface area contributed by atoms with Crippen LogP contribution in [0, 0.1) is 5.92 Å². The summed E-state index contributed by atoms with van der Waals surface area (Å²) < 4.78 is 12.6. The van der Waals surface area contributed by atoms with Crippen molar-refractivity contribution in [3.63, 3.8) is 0 Å². The van der Waals surface area contributed by atoms with Gasteiger partial charge < -0.3 is 14.8 Å². The van der Waals surface area contributed by atoms with Crippen LogP contribution in [-0.2, 0) is 10.3 Å². The third kappa shape index (κ3) is 3.62. The van der Waals surface area contributed by atoms with Crippen LogP contribution < -0.4 is 14.8 Å². The summed E-state index contributed by atoms with van der Waals surface area (Å²) in [7, 11) is 3.28. The number of benzene rings is 1. The molecule has 134 valence electrons. The maximum Gasteiger partial charge on any atom is 0.228 e. The van der Waals surface area contributed by atoms with Gasteiger partial charge in [0, 0.05) is 23.6 Å². The van der Waals surface area contributed by atoms with Gasteiger partial charge in [0.1, 0.15) is 11.5 Å². The van der Waals surface area contributed by atoms with Crippen LogP contribution in [-0.4, -0.2) is 29.9 Å². The first-order chi connectivity index (χ1) is 11.8. The molecule has 1 amide bonds. The Balaban J connectivity index is 1.69. The van der Waals surface area contributed by atoms with Crippen LogP contribution in [0.3, 0.4) is 0 Å². The number of methoxy groups -OCH3 is 2. The number of hydrogen-bond donors (Lipinski definition) is 1. The van der Waals surface area contributed by atoms with E-state index >= 15 is 0 Å². The molecular formula is C19H25N3O3. The van der Waals surface area contributed by atoms with Crippen LogP contribution in [0.4, 0.5) is 5.69 Å². The zero-order chi connectivity index (χ0) is 18.2. The lowest BCUT2D eigenvalue weighted by Gasteiger charge is -2.18. The monoisotopic (exact) mass is 343 g/mol. The molecule has 2 atom stereocenters. The normalized spacial score (nSPS) is 19.4. The molecule has 3 rings (SSSR count). The lowest BCUT2D eigenvalue weighted by atomic mass is 10.1. The van der Waals surface area contributed by atoms with E-state index in [4.69, 9.17) is 9.47 Å². The van der Waals surface area contributed by atoms with Crippen molar-refractivity contribution in [3.8, 4) is 11.5 Å². The Kier molecular flexibility index (Phi) is 4.45. The molecule has 25 heavy (non-hydrogen) atoms. The minimum Gasteiger partial charge on any atom is -0.497 e. The summed E-state index contributed by atoms with van der Waals surface area (Å²) in [6, 6.07) is 5.70. The highest BCUT2D eigenvalue weighted by Crippen LogP contribution is 2.51. The molecule has 0 radical (unpaired) electrons. The molecule has 0 unspecified atom stereocenters. The van der Waals surface area contributed by atoms with E-state index in [1.165, 1.54) is 0 Å². The number of nitrogens with one attached hydrogen (secondary N) is 1. The predicted molar refractivity (Wildman–Crippen MR) is 96.2 cm³/mol. The molecule has 6 heteroatoms. The van der Waals surface area contributed by atoms with Gasteiger partial charge in [0.2, 0.25) is 5.91 Å². The van der Waals surface area contributed by atoms with Crippen LogP contribution in [0.15, 0.2) is 30.6 Å². The number of carbonyl (C=O) groups is 1. The van der Waals surface area contributed by atoms with Crippen molar-refractivity contribution < 1.29 is 14.3 Å². The SMILES string of the molecule is COc1ccc(OC)c([C@@H]2C[C@H]2C(=O)Nc2cnn(C(C)(C)C)c2)c1. The first kappa shape index (κ1) is 17.3. The summed E-state index contributed by atoms with van der Waals surface area (Å²) in [6.07, 6.45) is 4.36. The fraction of sp³-hybridized carbons (Fsp3) is 0.474. The van der Waals surface area contributed by atoms with Crippen LogP contribution >= 0.6 is 0 Å². The Bertz CT molecular complexity index is 776. The molecule has 1 aromatic heterocycles. The minimum absolute atomic E-state index is 0.0170. The molecule has 0 spiro atoms. The number of aromatic nitrogens is 2. The smallest absolute Gasteiger partial charge is 0.228 e. The van der Waals surface area contributed by atoms with Crippen molar-refractivity contribution >= 4 is 11.6 Å². The number of hydrogen-bond acceptors (Lipinski definition) is 4. The van der Waals surface area contributed by atoms with E-state index in [1.807, 2.05) is 29.1 Å². The second-order valence-electron chi connectivity index (χ2n) is 7.39. The maximum absolute atomic E-state index is 12.6. The van der Waals surface area contributed by atoms with Crippen molar-refractivity contribution in [1.29, 1.82) is 0 Å². The molecule has 2 aromatic rings. The van der Waals surface area contributed by atoms with E-state index in [1.54, 1.807) is 20.4 Å². The van der Waals surface area contributed by atoms with Gasteiger partial charge in [-0.15, -0.1) is 0 Å². The van der Waals surface area contributed by atoms with Gasteiger partial charge >= 0.3 is 0 Å². The fourth-order valence-corrected chi connectivity index (χ4v) is 2.95. The average molecular weight is 343 g/mol. The largest absolute Gasteiger partial charge is 0.497 e. The highest BCUT2D eigenvalue weighted by atomic mass is 16.5. The highest BCUT2D eigenvalue weighted by molar-refractivity contribution is 5.95. The first-order valence-electron chi connectivity index (χ1n) is 8.41. The number of anilines is 1. The Labute approximate surface area is 148 Å². The van der Waals surface area contributed by atoms with Gasteiger partial charge in [-0.3, -0.25) is 9.48 Å². The van der Waals surface area contributed by atoms with Gasteiger partial charge in [-0.2, -0.15) is 5.10 Å². The van der Waals surface area contributed by atoms with Crippen molar-refractivity contribution in [2.24, 2.45) is 5.92 Å². The Morgan fingerprint density at radius 1 is 1.28 bits per heavy atom. The number of rotatable bonds is 5. The first-order valence-corrected chi connectivity index (χ1v) is 8.41. The summed E-state index contributed by atoms with van der Waals surface area (Å²) in [5, 5.41) is 7.28. The summed E-state index contributed by atoms with van der Waals surface area (Å²) >= 11 is 0. The van der Waals surface area contributed by atoms with E-state index in [-0.39, 0.29) is 23.3 Å². The second kappa shape index (κ2) is 6.43. The molecule has 0 bridgehead atoms. The molecule has 1 heterocycles. The van der Waals surface area contributed by atoms with Gasteiger partial charge in [-0.25, -0.2) is 0 Å². The Hall–Kier alpha value is -2.50. The van der Waals surface area contributed by atoms with Gasteiger partial charge in [0.15, 0.2) is 0 Å². The van der Waals surface area contributed by atoms with E-state index in [2.05, 4.69) is 31.2 Å². The second-order valence-corrected chi connectivity index (χ2v) is 7.39. The van der Waals surface area contributed by atoms with E-state index in [0.717, 1.165) is 29.2 Å². The van der Waals surface area contributed by atoms with Gasteiger partial charge in [-0.05, 0) is 45.4 Å². The summed E-state index contributed by atoms with van der Waals surface area (Å²) in [6.45, 7) is 6.20. The highest BCUT2D eigenvalue weighted by Gasteiger charge is 2.45. The van der Waals surface area contributed by atoms with Crippen molar-refractivity contribution in [1.82, 2.24) is 9.78 Å². The minimum atomic E-state index is -0.112. The number of carbonyl (C=O) groups excluding carboxylic acids is 1. The van der Waals surface area contributed by atoms with Crippen molar-refractivity contribution in [2.75, 3.05) is 19.5 Å². The van der Waals surface area contributed by atoms with Crippen molar-refractivity contribution in [3.05, 3.63) is 36.2 Å². The summed E-state index contributed by atoms with van der Waals surface area (Å²) in [5.41, 5.74) is 1.63. The van der Waals surface area contributed by atoms with E-state index in [0.29, 0.717) is 0 Å². The number of nitrogens with zero attached hydrogens (tertiary/aromatic N) is 2. The predicted octanol–water partition coefficient (Wildman–Crippen LogP) is 3.40. The van der Waals surface area contributed by atoms with E-state index in [9.17, 15) is 4.79 Å². The zero-order valence-corrected chi connectivity index (χ0v) is 15.4. The van der Waals surface area contributed by atoms with Crippen molar-refractivity contribution in [2.45, 2.75) is 38.6 Å². The van der Waals surface area contributed by atoms with E-state index < -0.39 is 0 Å². The fourth-order valence-electron chi connectivity index (χ4n) is 2.95. The lowest BCUT2D eigenvalue weighted by molar-refractivity contribution is -0.117. The number of amides is 1. The third-order valence-corrected chi connectivity index (χ3v) is 4.50. The summed E-state index contributed by atoms with van der Waals surface area (Å²) in [5.74, 6) is 1.68. The molecule has 1 aliphatic carbocycles. The van der Waals surface area contributed by atoms with Crippen LogP contribution in [0.2, 0.25) is 0 Å². The van der Waals surface area contributed by atoms with Gasteiger partial charge in [0.25, 0.3) is 0 Å². The standard InChI is InChI=1S/C19H25N3O3/c1-19(2,3)22-11-12(10-20-22)21-18(23)16-9-14(16)15-8-13(24-4)6-7-17(15)25-5/h6-8,10-11,14,16H,9H2,1-5H3,(H,21,23)/t14-,16+/m0/s1. The summed E-state index contributed by atoms with van der Waals surface area (Å²) in [4.78, 5) is 12.6. The molecule has 1 saturated carbocycles. The van der Waals surface area contributed by atoms with Crippen LogP contribution in [0.5, 0.6) is 11.5 Å². The maximum atomic E-state index is 12.6.